The van der Waals surface area contributed by atoms with E-state index in [2.05, 4.69) is 10.3 Å². The molecule has 0 saturated heterocycles. The van der Waals surface area contributed by atoms with Crippen LogP contribution in [0.25, 0.3) is 0 Å². The molecule has 1 aliphatic heterocycles. The minimum Gasteiger partial charge on any atom is -0.322 e. The molecule has 140 valence electrons. The van der Waals surface area contributed by atoms with E-state index in [4.69, 9.17) is 0 Å². The number of nitrogens with zero attached hydrogens (tertiary/aromatic N) is 2. The number of hydrogen-bond acceptors (Lipinski definition) is 3. The van der Waals surface area contributed by atoms with Gasteiger partial charge in [0.05, 0.1) is 0 Å². The van der Waals surface area contributed by atoms with Crippen LogP contribution in [0.2, 0.25) is 0 Å². The van der Waals surface area contributed by atoms with Crippen molar-refractivity contribution in [3.05, 3.63) is 88.7 Å². The first-order valence-electron chi connectivity index (χ1n) is 9.27. The fraction of sp³-hybridized carbons (Fsp3) is 0.174. The van der Waals surface area contributed by atoms with Gasteiger partial charge in [-0.25, -0.2) is 0 Å². The van der Waals surface area contributed by atoms with Crippen LogP contribution in [-0.2, 0) is 6.42 Å². The Hall–Kier alpha value is -3.47. The van der Waals surface area contributed by atoms with Gasteiger partial charge >= 0.3 is 0 Å². The molecule has 0 radical (unpaired) electrons. The van der Waals surface area contributed by atoms with Crippen LogP contribution in [-0.4, -0.2) is 23.3 Å². The molecule has 1 N–H and O–H groups in total. The molecule has 5 nitrogen and oxygen atoms in total. The van der Waals surface area contributed by atoms with Crippen molar-refractivity contribution >= 4 is 23.2 Å². The smallest absolute Gasteiger partial charge is 0.276 e. The van der Waals surface area contributed by atoms with Crippen molar-refractivity contribution in [2.45, 2.75) is 20.3 Å². The molecule has 1 aromatic heterocycles. The summed E-state index contributed by atoms with van der Waals surface area (Å²) in [4.78, 5) is 31.6. The number of para-hydroxylation sites is 1. The molecule has 2 amide bonds. The van der Waals surface area contributed by atoms with Gasteiger partial charge in [-0.3, -0.25) is 14.6 Å². The lowest BCUT2D eigenvalue weighted by molar-refractivity contribution is 0.0984. The first kappa shape index (κ1) is 17.9. The van der Waals surface area contributed by atoms with E-state index in [1.807, 2.05) is 56.3 Å². The molecule has 0 unspecified atom stereocenters. The van der Waals surface area contributed by atoms with Gasteiger partial charge in [0.2, 0.25) is 0 Å². The molecule has 0 fully saturated rings. The molecule has 0 saturated carbocycles. The van der Waals surface area contributed by atoms with Crippen molar-refractivity contribution in [3.63, 3.8) is 0 Å². The van der Waals surface area contributed by atoms with Crippen LogP contribution >= 0.6 is 0 Å². The van der Waals surface area contributed by atoms with Gasteiger partial charge in [-0.1, -0.05) is 24.3 Å². The molecule has 28 heavy (non-hydrogen) atoms. The number of carbonyl (C=O) groups is 2. The standard InChI is InChI=1S/C23H21N3O2/c1-15-11-16(2)13-19(12-15)25-22(27)18-7-9-24-20(14-18)23(28)26-10-8-17-5-3-4-6-21(17)26/h3-7,9,11-14H,8,10H2,1-2H3,(H,25,27). The summed E-state index contributed by atoms with van der Waals surface area (Å²) in [7, 11) is 0. The molecule has 0 aliphatic carbocycles. The highest BCUT2D eigenvalue weighted by atomic mass is 16.2. The van der Waals surface area contributed by atoms with Gasteiger partial charge < -0.3 is 10.2 Å². The third-order valence-corrected chi connectivity index (χ3v) is 4.85. The normalized spacial score (nSPS) is 12.6. The number of nitrogens with one attached hydrogen (secondary N) is 1. The second-order valence-corrected chi connectivity index (χ2v) is 7.10. The Labute approximate surface area is 164 Å². The minimum absolute atomic E-state index is 0.189. The number of carbonyl (C=O) groups excluding carboxylic acids is 2. The van der Waals surface area contributed by atoms with Crippen LogP contribution in [0, 0.1) is 13.8 Å². The predicted octanol–water partition coefficient (Wildman–Crippen LogP) is 4.15. The maximum absolute atomic E-state index is 13.0. The monoisotopic (exact) mass is 371 g/mol. The molecule has 2 aromatic carbocycles. The Morgan fingerprint density at radius 2 is 1.75 bits per heavy atom. The average molecular weight is 371 g/mol. The van der Waals surface area contributed by atoms with E-state index in [1.165, 1.54) is 6.20 Å². The Kier molecular flexibility index (Phi) is 4.65. The van der Waals surface area contributed by atoms with E-state index in [0.29, 0.717) is 12.1 Å². The molecule has 0 atom stereocenters. The molecular formula is C23H21N3O2. The maximum Gasteiger partial charge on any atom is 0.276 e. The number of fused-ring (bicyclic) bond motifs is 1. The zero-order chi connectivity index (χ0) is 19.7. The third kappa shape index (κ3) is 3.51. The van der Waals surface area contributed by atoms with Crippen LogP contribution < -0.4 is 10.2 Å². The Morgan fingerprint density at radius 3 is 2.54 bits per heavy atom. The van der Waals surface area contributed by atoms with Gasteiger partial charge in [0.15, 0.2) is 0 Å². The van der Waals surface area contributed by atoms with E-state index < -0.39 is 0 Å². The fourth-order valence-electron chi connectivity index (χ4n) is 3.63. The SMILES string of the molecule is Cc1cc(C)cc(NC(=O)c2ccnc(C(=O)N3CCc4ccccc43)c2)c1. The molecule has 4 rings (SSSR count). The molecule has 3 aromatic rings. The molecule has 0 spiro atoms. The van der Waals surface area contributed by atoms with Gasteiger partial charge in [0.1, 0.15) is 5.69 Å². The second-order valence-electron chi connectivity index (χ2n) is 7.10. The van der Waals surface area contributed by atoms with Crippen molar-refractivity contribution in [1.82, 2.24) is 4.98 Å². The molecule has 5 heteroatoms. The summed E-state index contributed by atoms with van der Waals surface area (Å²) in [5.74, 6) is -0.450. The first-order valence-corrected chi connectivity index (χ1v) is 9.27. The molecular weight excluding hydrogens is 350 g/mol. The summed E-state index contributed by atoms with van der Waals surface area (Å²) >= 11 is 0. The van der Waals surface area contributed by atoms with Crippen molar-refractivity contribution in [2.24, 2.45) is 0 Å². The molecule has 2 heterocycles. The van der Waals surface area contributed by atoms with Crippen molar-refractivity contribution < 1.29 is 9.59 Å². The van der Waals surface area contributed by atoms with Crippen molar-refractivity contribution in [2.75, 3.05) is 16.8 Å². The number of hydrogen-bond donors (Lipinski definition) is 1. The fourth-order valence-corrected chi connectivity index (χ4v) is 3.63. The van der Waals surface area contributed by atoms with E-state index in [0.717, 1.165) is 34.5 Å². The molecule has 0 bridgehead atoms. The largest absolute Gasteiger partial charge is 0.322 e. The third-order valence-electron chi connectivity index (χ3n) is 4.85. The first-order chi connectivity index (χ1) is 13.5. The van der Waals surface area contributed by atoms with E-state index in [1.54, 1.807) is 17.0 Å². The van der Waals surface area contributed by atoms with Crippen molar-refractivity contribution in [1.29, 1.82) is 0 Å². The lowest BCUT2D eigenvalue weighted by Crippen LogP contribution is -2.30. The van der Waals surface area contributed by atoms with Crippen LogP contribution in [0.5, 0.6) is 0 Å². The number of aryl methyl sites for hydroxylation is 2. The highest BCUT2D eigenvalue weighted by Gasteiger charge is 2.26. The summed E-state index contributed by atoms with van der Waals surface area (Å²) < 4.78 is 0. The van der Waals surface area contributed by atoms with Gasteiger partial charge in [-0.2, -0.15) is 0 Å². The highest BCUT2D eigenvalue weighted by Crippen LogP contribution is 2.28. The van der Waals surface area contributed by atoms with Crippen LogP contribution in [0.15, 0.2) is 60.8 Å². The van der Waals surface area contributed by atoms with Gasteiger partial charge in [0.25, 0.3) is 11.8 Å². The van der Waals surface area contributed by atoms with E-state index in [9.17, 15) is 9.59 Å². The quantitative estimate of drug-likeness (QED) is 0.752. The number of anilines is 2. The van der Waals surface area contributed by atoms with Gasteiger partial charge in [-0.05, 0) is 67.3 Å². The number of pyridine rings is 1. The number of rotatable bonds is 3. The summed E-state index contributed by atoms with van der Waals surface area (Å²) in [5.41, 5.74) is 5.64. The summed E-state index contributed by atoms with van der Waals surface area (Å²) in [5, 5.41) is 2.90. The van der Waals surface area contributed by atoms with E-state index >= 15 is 0 Å². The summed E-state index contributed by atoms with van der Waals surface area (Å²) in [6, 6.07) is 16.9. The maximum atomic E-state index is 13.0. The Balaban J connectivity index is 1.56. The lowest BCUT2D eigenvalue weighted by Gasteiger charge is -2.17. The average Bonchev–Trinajstić information content (AvgIpc) is 3.11. The van der Waals surface area contributed by atoms with Crippen LogP contribution in [0.3, 0.4) is 0 Å². The molecule has 1 aliphatic rings. The lowest BCUT2D eigenvalue weighted by atomic mass is 10.1. The number of amides is 2. The highest BCUT2D eigenvalue weighted by molar-refractivity contribution is 6.09. The number of benzene rings is 2. The predicted molar refractivity (Wildman–Crippen MR) is 110 cm³/mol. The number of aromatic nitrogens is 1. The van der Waals surface area contributed by atoms with Crippen molar-refractivity contribution in [3.8, 4) is 0 Å². The second kappa shape index (κ2) is 7.27. The zero-order valence-corrected chi connectivity index (χ0v) is 15.9. The Bertz CT molecular complexity index is 1050. The summed E-state index contributed by atoms with van der Waals surface area (Å²) in [6.45, 7) is 4.60. The van der Waals surface area contributed by atoms with Crippen LogP contribution in [0.1, 0.15) is 37.5 Å². The Morgan fingerprint density at radius 1 is 1.00 bits per heavy atom. The van der Waals surface area contributed by atoms with Crippen LogP contribution in [0.4, 0.5) is 11.4 Å². The van der Waals surface area contributed by atoms with Gasteiger partial charge in [0, 0.05) is 29.7 Å². The zero-order valence-electron chi connectivity index (χ0n) is 15.9. The summed E-state index contributed by atoms with van der Waals surface area (Å²) in [6.07, 6.45) is 2.33. The topological polar surface area (TPSA) is 62.3 Å². The minimum atomic E-state index is -0.261. The van der Waals surface area contributed by atoms with E-state index in [-0.39, 0.29) is 17.5 Å². The van der Waals surface area contributed by atoms with Gasteiger partial charge in [-0.15, -0.1) is 0 Å².